The molecule has 12 heavy (non-hydrogen) atoms. The topological polar surface area (TPSA) is 41.1 Å². The van der Waals surface area contributed by atoms with Crippen LogP contribution in [0.1, 0.15) is 0 Å². The normalized spacial score (nSPS) is 14.6. The van der Waals surface area contributed by atoms with Gasteiger partial charge in [-0.05, 0) is 18.2 Å². The van der Waals surface area contributed by atoms with Crippen LogP contribution in [0.5, 0.6) is 0 Å². The summed E-state index contributed by atoms with van der Waals surface area (Å²) < 4.78 is 12.6. The molecule has 2 rings (SSSR count). The summed E-state index contributed by atoms with van der Waals surface area (Å²) in [6.07, 6.45) is 0. The SMILES string of the molecule is O=C1CNc2cc(F)ccc2N1. The van der Waals surface area contributed by atoms with E-state index in [1.165, 1.54) is 18.2 Å². The standard InChI is InChI=1S/C8H7FN2O/c9-5-1-2-6-7(3-5)10-4-8(12)11-6/h1-3,10H,4H2,(H,11,12). The Balaban J connectivity index is 2.43. The van der Waals surface area contributed by atoms with Crippen LogP contribution in [0.4, 0.5) is 15.8 Å². The van der Waals surface area contributed by atoms with E-state index in [2.05, 4.69) is 10.6 Å². The second kappa shape index (κ2) is 2.48. The molecule has 0 saturated heterocycles. The van der Waals surface area contributed by atoms with Gasteiger partial charge in [0, 0.05) is 0 Å². The lowest BCUT2D eigenvalue weighted by Gasteiger charge is -2.17. The molecule has 2 N–H and O–H groups in total. The maximum Gasteiger partial charge on any atom is 0.243 e. The van der Waals surface area contributed by atoms with Gasteiger partial charge in [0.15, 0.2) is 0 Å². The van der Waals surface area contributed by atoms with Crippen LogP contribution in [0.3, 0.4) is 0 Å². The van der Waals surface area contributed by atoms with Crippen LogP contribution in [-0.2, 0) is 4.79 Å². The largest absolute Gasteiger partial charge is 0.374 e. The molecule has 0 atom stereocenters. The summed E-state index contributed by atoms with van der Waals surface area (Å²) >= 11 is 0. The molecule has 0 bridgehead atoms. The van der Waals surface area contributed by atoms with E-state index in [1.807, 2.05) is 0 Å². The van der Waals surface area contributed by atoms with Crippen molar-refractivity contribution in [1.29, 1.82) is 0 Å². The summed E-state index contributed by atoms with van der Waals surface area (Å²) in [5.74, 6) is -0.411. The van der Waals surface area contributed by atoms with Gasteiger partial charge in [0.2, 0.25) is 5.91 Å². The molecule has 3 nitrogen and oxygen atoms in total. The molecule has 0 radical (unpaired) electrons. The zero-order valence-electron chi connectivity index (χ0n) is 6.23. The van der Waals surface area contributed by atoms with Crippen LogP contribution in [-0.4, -0.2) is 12.5 Å². The van der Waals surface area contributed by atoms with Gasteiger partial charge in [-0.15, -0.1) is 0 Å². The van der Waals surface area contributed by atoms with Crippen LogP contribution in [0.2, 0.25) is 0 Å². The Kier molecular flexibility index (Phi) is 1.46. The molecule has 1 aromatic rings. The summed E-state index contributed by atoms with van der Waals surface area (Å²) in [5, 5.41) is 5.42. The van der Waals surface area contributed by atoms with E-state index in [4.69, 9.17) is 0 Å². The van der Waals surface area contributed by atoms with Gasteiger partial charge in [-0.2, -0.15) is 0 Å². The third-order valence-electron chi connectivity index (χ3n) is 1.70. The first-order valence-electron chi connectivity index (χ1n) is 3.59. The summed E-state index contributed by atoms with van der Waals surface area (Å²) in [4.78, 5) is 10.8. The number of carbonyl (C=O) groups is 1. The van der Waals surface area contributed by atoms with Crippen LogP contribution in [0, 0.1) is 5.82 Å². The van der Waals surface area contributed by atoms with Crippen molar-refractivity contribution >= 4 is 17.3 Å². The molecular formula is C8H7FN2O. The molecular weight excluding hydrogens is 159 g/mol. The van der Waals surface area contributed by atoms with Gasteiger partial charge in [0.05, 0.1) is 17.9 Å². The van der Waals surface area contributed by atoms with Gasteiger partial charge in [-0.1, -0.05) is 0 Å². The first kappa shape index (κ1) is 7.09. The number of hydrogen-bond acceptors (Lipinski definition) is 2. The highest BCUT2D eigenvalue weighted by Gasteiger charge is 2.13. The fourth-order valence-electron chi connectivity index (χ4n) is 1.14. The minimum absolute atomic E-state index is 0.103. The van der Waals surface area contributed by atoms with Crippen molar-refractivity contribution in [3.05, 3.63) is 24.0 Å². The second-order valence-corrected chi connectivity index (χ2v) is 2.59. The molecule has 0 spiro atoms. The van der Waals surface area contributed by atoms with Crippen molar-refractivity contribution in [2.45, 2.75) is 0 Å². The van der Waals surface area contributed by atoms with E-state index in [-0.39, 0.29) is 18.3 Å². The van der Waals surface area contributed by atoms with E-state index < -0.39 is 0 Å². The van der Waals surface area contributed by atoms with Gasteiger partial charge in [-0.3, -0.25) is 4.79 Å². The molecule has 0 fully saturated rings. The summed E-state index contributed by atoms with van der Waals surface area (Å²) in [7, 11) is 0. The van der Waals surface area contributed by atoms with Gasteiger partial charge < -0.3 is 10.6 Å². The molecule has 0 aliphatic carbocycles. The molecule has 0 saturated carbocycles. The van der Waals surface area contributed by atoms with Crippen molar-refractivity contribution in [1.82, 2.24) is 0 Å². The van der Waals surface area contributed by atoms with E-state index in [0.717, 1.165) is 0 Å². The number of nitrogens with one attached hydrogen (secondary N) is 2. The minimum Gasteiger partial charge on any atom is -0.374 e. The Morgan fingerprint density at radius 2 is 2.17 bits per heavy atom. The number of hydrogen-bond donors (Lipinski definition) is 2. The monoisotopic (exact) mass is 166 g/mol. The highest BCUT2D eigenvalue weighted by molar-refractivity contribution is 6.00. The molecule has 1 aliphatic rings. The first-order valence-corrected chi connectivity index (χ1v) is 3.59. The Labute approximate surface area is 68.6 Å². The van der Waals surface area contributed by atoms with E-state index in [9.17, 15) is 9.18 Å². The molecule has 0 aromatic heterocycles. The van der Waals surface area contributed by atoms with Gasteiger partial charge in [0.25, 0.3) is 0 Å². The zero-order valence-corrected chi connectivity index (χ0v) is 6.23. The lowest BCUT2D eigenvalue weighted by molar-refractivity contribution is -0.114. The quantitative estimate of drug-likeness (QED) is 0.607. The maximum absolute atomic E-state index is 12.6. The Morgan fingerprint density at radius 3 is 3.00 bits per heavy atom. The molecule has 62 valence electrons. The lowest BCUT2D eigenvalue weighted by Crippen LogP contribution is -2.27. The Bertz CT molecular complexity index is 338. The average molecular weight is 166 g/mol. The predicted molar refractivity (Wildman–Crippen MR) is 43.5 cm³/mol. The molecule has 1 amide bonds. The highest BCUT2D eigenvalue weighted by atomic mass is 19.1. The van der Waals surface area contributed by atoms with E-state index in [0.29, 0.717) is 11.4 Å². The molecule has 1 heterocycles. The second-order valence-electron chi connectivity index (χ2n) is 2.59. The number of amides is 1. The van der Waals surface area contributed by atoms with Crippen molar-refractivity contribution in [2.24, 2.45) is 0 Å². The lowest BCUT2D eigenvalue weighted by atomic mass is 10.2. The highest BCUT2D eigenvalue weighted by Crippen LogP contribution is 2.24. The van der Waals surface area contributed by atoms with Crippen LogP contribution in [0.25, 0.3) is 0 Å². The Morgan fingerprint density at radius 1 is 1.33 bits per heavy atom. The van der Waals surface area contributed by atoms with Crippen molar-refractivity contribution < 1.29 is 9.18 Å². The van der Waals surface area contributed by atoms with Crippen molar-refractivity contribution in [3.63, 3.8) is 0 Å². The number of carbonyl (C=O) groups excluding carboxylic acids is 1. The summed E-state index contributed by atoms with van der Waals surface area (Å²) in [5.41, 5.74) is 1.27. The number of anilines is 2. The van der Waals surface area contributed by atoms with Crippen LogP contribution < -0.4 is 10.6 Å². The number of benzene rings is 1. The number of fused-ring (bicyclic) bond motifs is 1. The average Bonchev–Trinajstić information content (AvgIpc) is 2.05. The van der Waals surface area contributed by atoms with Gasteiger partial charge >= 0.3 is 0 Å². The minimum atomic E-state index is -0.308. The number of halogens is 1. The van der Waals surface area contributed by atoms with Gasteiger partial charge in [-0.25, -0.2) is 4.39 Å². The number of rotatable bonds is 0. The van der Waals surface area contributed by atoms with Crippen LogP contribution in [0.15, 0.2) is 18.2 Å². The van der Waals surface area contributed by atoms with Crippen molar-refractivity contribution in [2.75, 3.05) is 17.2 Å². The Hall–Kier alpha value is -1.58. The third-order valence-corrected chi connectivity index (χ3v) is 1.70. The predicted octanol–water partition coefficient (Wildman–Crippen LogP) is 1.19. The van der Waals surface area contributed by atoms with E-state index in [1.54, 1.807) is 0 Å². The molecule has 1 aromatic carbocycles. The molecule has 1 aliphatic heterocycles. The third kappa shape index (κ3) is 1.11. The smallest absolute Gasteiger partial charge is 0.243 e. The van der Waals surface area contributed by atoms with Gasteiger partial charge in [0.1, 0.15) is 5.82 Å². The molecule has 4 heteroatoms. The molecule has 0 unspecified atom stereocenters. The summed E-state index contributed by atoms with van der Waals surface area (Å²) in [6, 6.07) is 4.20. The zero-order chi connectivity index (χ0) is 8.55. The fraction of sp³-hybridized carbons (Fsp3) is 0.125. The van der Waals surface area contributed by atoms with E-state index >= 15 is 0 Å². The first-order chi connectivity index (χ1) is 5.75. The van der Waals surface area contributed by atoms with Crippen molar-refractivity contribution in [3.8, 4) is 0 Å². The van der Waals surface area contributed by atoms with Crippen LogP contribution >= 0.6 is 0 Å². The maximum atomic E-state index is 12.6. The summed E-state index contributed by atoms with van der Waals surface area (Å²) in [6.45, 7) is 0.205. The fourth-order valence-corrected chi connectivity index (χ4v) is 1.14.